The Kier molecular flexibility index (Phi) is 4.77. The highest BCUT2D eigenvalue weighted by atomic mass is 16.2. The number of carbonyl (C=O) groups is 1. The van der Waals surface area contributed by atoms with Crippen LogP contribution in [-0.2, 0) is 0 Å². The van der Waals surface area contributed by atoms with Gasteiger partial charge in [0.15, 0.2) is 0 Å². The van der Waals surface area contributed by atoms with Gasteiger partial charge >= 0.3 is 0 Å². The summed E-state index contributed by atoms with van der Waals surface area (Å²) in [4.78, 5) is 34.2. The number of nitrogens with zero attached hydrogens (tertiary/aromatic N) is 5. The molecule has 1 amide bonds. The van der Waals surface area contributed by atoms with Crippen molar-refractivity contribution in [3.8, 4) is 0 Å². The van der Waals surface area contributed by atoms with Crippen molar-refractivity contribution in [2.75, 3.05) is 31.1 Å². The van der Waals surface area contributed by atoms with Crippen LogP contribution in [-0.4, -0.2) is 56.7 Å². The van der Waals surface area contributed by atoms with Crippen LogP contribution in [0.3, 0.4) is 0 Å². The third-order valence-electron chi connectivity index (χ3n) is 6.34. The molecule has 1 saturated heterocycles. The smallest absolute Gasteiger partial charge is 0.274 e. The molecule has 3 aromatic rings. The zero-order valence-corrected chi connectivity index (χ0v) is 17.2. The summed E-state index contributed by atoms with van der Waals surface area (Å²) in [6, 6.07) is 7.96. The Morgan fingerprint density at radius 2 is 1.87 bits per heavy atom. The second-order valence-electron chi connectivity index (χ2n) is 8.31. The van der Waals surface area contributed by atoms with Crippen LogP contribution in [0.4, 0.5) is 5.69 Å². The lowest BCUT2D eigenvalue weighted by Crippen LogP contribution is -2.48. The second kappa shape index (κ2) is 7.59. The molecule has 2 fully saturated rings. The number of anilines is 1. The molecular weight excluding hydrogens is 380 g/mol. The van der Waals surface area contributed by atoms with E-state index in [-0.39, 0.29) is 17.5 Å². The van der Waals surface area contributed by atoms with Gasteiger partial charge in [-0.3, -0.25) is 19.3 Å². The topological polar surface area (TPSA) is 87.1 Å². The quantitative estimate of drug-likeness (QED) is 0.722. The molecule has 0 atom stereocenters. The Hall–Kier alpha value is -3.16. The highest BCUT2D eigenvalue weighted by Gasteiger charge is 2.24. The number of aromatic amines is 1. The van der Waals surface area contributed by atoms with E-state index in [1.807, 2.05) is 34.6 Å². The lowest BCUT2D eigenvalue weighted by atomic mass is 10.1. The molecule has 0 spiro atoms. The average Bonchev–Trinajstić information content (AvgIpc) is 3.45. The average molecular weight is 406 g/mol. The van der Waals surface area contributed by atoms with Gasteiger partial charge in [-0.05, 0) is 44.0 Å². The van der Waals surface area contributed by atoms with E-state index in [0.717, 1.165) is 42.8 Å². The Labute approximate surface area is 174 Å². The molecule has 2 aliphatic rings. The van der Waals surface area contributed by atoms with Crippen LogP contribution in [0, 0.1) is 6.92 Å². The molecule has 3 heterocycles. The van der Waals surface area contributed by atoms with Crippen LogP contribution >= 0.6 is 0 Å². The van der Waals surface area contributed by atoms with Crippen molar-refractivity contribution in [2.45, 2.75) is 38.6 Å². The van der Waals surface area contributed by atoms with Crippen LogP contribution in [0.25, 0.3) is 10.9 Å². The van der Waals surface area contributed by atoms with E-state index in [4.69, 9.17) is 0 Å². The van der Waals surface area contributed by atoms with Gasteiger partial charge in [-0.2, -0.15) is 5.10 Å². The van der Waals surface area contributed by atoms with E-state index in [1.54, 1.807) is 12.4 Å². The van der Waals surface area contributed by atoms with E-state index in [2.05, 4.69) is 20.1 Å². The predicted octanol–water partition coefficient (Wildman–Crippen LogP) is 2.51. The largest absolute Gasteiger partial charge is 0.368 e. The van der Waals surface area contributed by atoms with Crippen molar-refractivity contribution >= 4 is 22.5 Å². The number of nitrogens with one attached hydrogen (secondary N) is 1. The number of fused-ring (bicyclic) bond motifs is 1. The number of amides is 1. The maximum absolute atomic E-state index is 12.9. The maximum atomic E-state index is 12.9. The summed E-state index contributed by atoms with van der Waals surface area (Å²) in [6.45, 7) is 4.64. The first-order valence-corrected chi connectivity index (χ1v) is 10.7. The summed E-state index contributed by atoms with van der Waals surface area (Å²) in [5.74, 6) is -0.0355. The number of aromatic nitrogens is 4. The number of carbonyl (C=O) groups excluding carboxylic acids is 1. The van der Waals surface area contributed by atoms with Gasteiger partial charge in [-0.1, -0.05) is 12.8 Å². The molecule has 8 nitrogen and oxygen atoms in total. The summed E-state index contributed by atoms with van der Waals surface area (Å²) in [7, 11) is 0. The van der Waals surface area contributed by atoms with Gasteiger partial charge in [0.25, 0.3) is 11.5 Å². The van der Waals surface area contributed by atoms with Crippen LogP contribution < -0.4 is 10.5 Å². The first kappa shape index (κ1) is 18.8. The molecule has 1 aliphatic carbocycles. The van der Waals surface area contributed by atoms with Gasteiger partial charge in [-0.15, -0.1) is 0 Å². The minimum Gasteiger partial charge on any atom is -0.368 e. The Bertz CT molecular complexity index is 1140. The summed E-state index contributed by atoms with van der Waals surface area (Å²) < 4.78 is 1.82. The number of aryl methyl sites for hydroxylation is 1. The third-order valence-corrected chi connectivity index (χ3v) is 6.34. The van der Waals surface area contributed by atoms with Crippen molar-refractivity contribution in [1.29, 1.82) is 0 Å². The summed E-state index contributed by atoms with van der Waals surface area (Å²) >= 11 is 0. The standard InChI is InChI=1S/C22H26N6O2/c1-15-12-20(25-24-15)22(30)27-10-8-26(9-11-27)17-6-7-18-19(13-17)23-14-28(21(18)29)16-4-2-3-5-16/h6-7,12-14,16H,2-5,8-11H2,1H3,(H,24,25). The van der Waals surface area contributed by atoms with Crippen LogP contribution in [0.2, 0.25) is 0 Å². The zero-order valence-electron chi connectivity index (χ0n) is 17.2. The molecule has 1 aliphatic heterocycles. The van der Waals surface area contributed by atoms with Crippen LogP contribution in [0.5, 0.6) is 0 Å². The summed E-state index contributed by atoms with van der Waals surface area (Å²) in [5, 5.41) is 7.58. The van der Waals surface area contributed by atoms with E-state index >= 15 is 0 Å². The SMILES string of the molecule is Cc1cc(C(=O)N2CCN(c3ccc4c(=O)n(C5CCCC5)cnc4c3)CC2)n[nH]1. The van der Waals surface area contributed by atoms with Gasteiger partial charge in [0.1, 0.15) is 5.69 Å². The van der Waals surface area contributed by atoms with E-state index < -0.39 is 0 Å². The highest BCUT2D eigenvalue weighted by Crippen LogP contribution is 2.28. The van der Waals surface area contributed by atoms with Gasteiger partial charge in [-0.25, -0.2) is 4.98 Å². The number of hydrogen-bond donors (Lipinski definition) is 1. The predicted molar refractivity (Wildman–Crippen MR) is 115 cm³/mol. The van der Waals surface area contributed by atoms with E-state index in [9.17, 15) is 9.59 Å². The molecule has 0 bridgehead atoms. The van der Waals surface area contributed by atoms with Crippen molar-refractivity contribution in [2.24, 2.45) is 0 Å². The number of rotatable bonds is 3. The molecule has 1 saturated carbocycles. The fourth-order valence-electron chi connectivity index (χ4n) is 4.62. The van der Waals surface area contributed by atoms with Crippen molar-refractivity contribution in [1.82, 2.24) is 24.6 Å². The van der Waals surface area contributed by atoms with E-state index in [0.29, 0.717) is 24.2 Å². The van der Waals surface area contributed by atoms with Crippen molar-refractivity contribution in [3.63, 3.8) is 0 Å². The lowest BCUT2D eigenvalue weighted by molar-refractivity contribution is 0.0741. The molecule has 1 N–H and O–H groups in total. The molecular formula is C22H26N6O2. The summed E-state index contributed by atoms with van der Waals surface area (Å²) in [6.07, 6.45) is 6.20. The first-order chi connectivity index (χ1) is 14.6. The van der Waals surface area contributed by atoms with Crippen molar-refractivity contribution in [3.05, 3.63) is 52.3 Å². The summed E-state index contributed by atoms with van der Waals surface area (Å²) in [5.41, 5.74) is 3.18. The highest BCUT2D eigenvalue weighted by molar-refractivity contribution is 5.92. The Balaban J connectivity index is 1.31. The molecule has 0 unspecified atom stereocenters. The van der Waals surface area contributed by atoms with Gasteiger partial charge in [0.2, 0.25) is 0 Å². The Morgan fingerprint density at radius 1 is 1.10 bits per heavy atom. The number of hydrogen-bond acceptors (Lipinski definition) is 5. The fourth-order valence-corrected chi connectivity index (χ4v) is 4.62. The van der Waals surface area contributed by atoms with Gasteiger partial charge in [0, 0.05) is 43.6 Å². The first-order valence-electron chi connectivity index (χ1n) is 10.7. The number of piperazine rings is 1. The van der Waals surface area contributed by atoms with Crippen molar-refractivity contribution < 1.29 is 4.79 Å². The zero-order chi connectivity index (χ0) is 20.7. The van der Waals surface area contributed by atoms with Crippen LogP contribution in [0.15, 0.2) is 35.4 Å². The minimum atomic E-state index is -0.0355. The lowest BCUT2D eigenvalue weighted by Gasteiger charge is -2.35. The molecule has 5 rings (SSSR count). The van der Waals surface area contributed by atoms with Crippen LogP contribution in [0.1, 0.15) is 47.9 Å². The number of H-pyrrole nitrogens is 1. The maximum Gasteiger partial charge on any atom is 0.274 e. The molecule has 1 aromatic carbocycles. The Morgan fingerprint density at radius 3 is 2.57 bits per heavy atom. The van der Waals surface area contributed by atoms with E-state index in [1.165, 1.54) is 12.8 Å². The second-order valence-corrected chi connectivity index (χ2v) is 8.31. The monoisotopic (exact) mass is 406 g/mol. The van der Waals surface area contributed by atoms with Gasteiger partial charge < -0.3 is 9.80 Å². The minimum absolute atomic E-state index is 0.0355. The third kappa shape index (κ3) is 3.36. The molecule has 156 valence electrons. The number of benzene rings is 1. The normalized spacial score (nSPS) is 17.8. The molecule has 30 heavy (non-hydrogen) atoms. The molecule has 2 aromatic heterocycles. The van der Waals surface area contributed by atoms with Gasteiger partial charge in [0.05, 0.1) is 17.2 Å². The molecule has 0 radical (unpaired) electrons. The fraction of sp³-hybridized carbons (Fsp3) is 0.455. The molecule has 8 heteroatoms.